The molecular formula is C21H16FNO4. The van der Waals surface area contributed by atoms with Gasteiger partial charge in [0.25, 0.3) is 0 Å². The summed E-state index contributed by atoms with van der Waals surface area (Å²) in [5.74, 6) is -1.45. The van der Waals surface area contributed by atoms with E-state index in [2.05, 4.69) is 0 Å². The van der Waals surface area contributed by atoms with Crippen molar-refractivity contribution >= 4 is 17.3 Å². The molecule has 1 heterocycles. The molecule has 0 bridgehead atoms. The van der Waals surface area contributed by atoms with E-state index in [1.165, 1.54) is 17.9 Å². The molecule has 1 aliphatic rings. The number of amides is 1. The number of nitrogens with zero attached hydrogens (tertiary/aromatic N) is 1. The van der Waals surface area contributed by atoms with Crippen LogP contribution in [-0.4, -0.2) is 16.1 Å². The Balaban J connectivity index is 1.92. The molecule has 2 N–H and O–H groups in total. The fraction of sp³-hybridized carbons (Fsp3) is 0.0952. The van der Waals surface area contributed by atoms with E-state index < -0.39 is 11.6 Å². The number of phenols is 2. The number of rotatable bonds is 1. The van der Waals surface area contributed by atoms with Gasteiger partial charge in [-0.25, -0.2) is 4.39 Å². The Kier molecular flexibility index (Phi) is 3.77. The van der Waals surface area contributed by atoms with Gasteiger partial charge < -0.3 is 14.9 Å². The summed E-state index contributed by atoms with van der Waals surface area (Å²) in [6, 6.07) is 12.8. The van der Waals surface area contributed by atoms with Crippen LogP contribution in [0.3, 0.4) is 0 Å². The number of hydrogen-bond donors (Lipinski definition) is 2. The van der Waals surface area contributed by atoms with Crippen molar-refractivity contribution in [3.05, 3.63) is 59.9 Å². The molecule has 6 heteroatoms. The molecule has 0 saturated heterocycles. The molecule has 1 aliphatic heterocycles. The molecule has 3 aromatic carbocycles. The third-order valence-corrected chi connectivity index (χ3v) is 4.48. The lowest BCUT2D eigenvalue weighted by Crippen LogP contribution is -2.26. The van der Waals surface area contributed by atoms with Gasteiger partial charge in [-0.15, -0.1) is 0 Å². The average Bonchev–Trinajstić information content (AvgIpc) is 2.61. The summed E-state index contributed by atoms with van der Waals surface area (Å²) < 4.78 is 19.6. The number of phenolic OH excluding ortho intramolecular Hbond substituents is 2. The van der Waals surface area contributed by atoms with E-state index >= 15 is 0 Å². The van der Waals surface area contributed by atoms with Gasteiger partial charge in [0.1, 0.15) is 5.75 Å². The molecule has 0 fully saturated rings. The maximum atomic E-state index is 13.9. The maximum absolute atomic E-state index is 13.9. The monoisotopic (exact) mass is 365 g/mol. The average molecular weight is 365 g/mol. The van der Waals surface area contributed by atoms with E-state index in [1.54, 1.807) is 6.07 Å². The Hall–Kier alpha value is -3.54. The minimum atomic E-state index is -0.857. The Labute approximate surface area is 154 Å². The Morgan fingerprint density at radius 3 is 2.19 bits per heavy atom. The van der Waals surface area contributed by atoms with Crippen LogP contribution in [0.2, 0.25) is 0 Å². The molecule has 5 nitrogen and oxygen atoms in total. The molecule has 136 valence electrons. The lowest BCUT2D eigenvalue weighted by Gasteiger charge is -2.31. The van der Waals surface area contributed by atoms with Crippen molar-refractivity contribution in [2.75, 3.05) is 4.90 Å². The van der Waals surface area contributed by atoms with Gasteiger partial charge in [0.05, 0.1) is 11.4 Å². The first-order valence-electron chi connectivity index (χ1n) is 8.30. The number of aryl methyl sites for hydroxylation is 1. The summed E-state index contributed by atoms with van der Waals surface area (Å²) in [6.45, 7) is 3.31. The summed E-state index contributed by atoms with van der Waals surface area (Å²) in [7, 11) is 0. The van der Waals surface area contributed by atoms with E-state index in [-0.39, 0.29) is 28.8 Å². The van der Waals surface area contributed by atoms with Gasteiger partial charge in [0.2, 0.25) is 5.91 Å². The van der Waals surface area contributed by atoms with E-state index in [4.69, 9.17) is 4.74 Å². The Bertz CT molecular complexity index is 1080. The quantitative estimate of drug-likeness (QED) is 0.636. The number of benzene rings is 3. The van der Waals surface area contributed by atoms with Crippen molar-refractivity contribution in [3.8, 4) is 34.1 Å². The Morgan fingerprint density at radius 1 is 0.963 bits per heavy atom. The zero-order valence-corrected chi connectivity index (χ0v) is 14.7. The van der Waals surface area contributed by atoms with Crippen molar-refractivity contribution in [2.45, 2.75) is 13.8 Å². The molecule has 0 saturated carbocycles. The normalized spacial score (nSPS) is 12.2. The molecule has 0 radical (unpaired) electrons. The molecule has 27 heavy (non-hydrogen) atoms. The minimum Gasteiger partial charge on any atom is -0.507 e. The second-order valence-electron chi connectivity index (χ2n) is 6.43. The number of hydrogen-bond acceptors (Lipinski definition) is 4. The van der Waals surface area contributed by atoms with Crippen LogP contribution >= 0.6 is 0 Å². The van der Waals surface area contributed by atoms with E-state index in [0.29, 0.717) is 11.3 Å². The molecule has 0 spiro atoms. The highest BCUT2D eigenvalue weighted by Gasteiger charge is 2.30. The zero-order chi connectivity index (χ0) is 19.3. The van der Waals surface area contributed by atoms with Gasteiger partial charge in [-0.05, 0) is 18.6 Å². The van der Waals surface area contributed by atoms with Crippen LogP contribution in [0.4, 0.5) is 15.8 Å². The summed E-state index contributed by atoms with van der Waals surface area (Å²) in [6.07, 6.45) is 0. The Morgan fingerprint density at radius 2 is 1.56 bits per heavy atom. The molecule has 0 aromatic heterocycles. The van der Waals surface area contributed by atoms with Gasteiger partial charge in [-0.2, -0.15) is 0 Å². The minimum absolute atomic E-state index is 0.0177. The fourth-order valence-electron chi connectivity index (χ4n) is 3.15. The summed E-state index contributed by atoms with van der Waals surface area (Å²) >= 11 is 0. The van der Waals surface area contributed by atoms with Crippen molar-refractivity contribution in [3.63, 3.8) is 0 Å². The number of carbonyl (C=O) groups excluding carboxylic acids is 1. The number of anilines is 2. The second kappa shape index (κ2) is 6.02. The second-order valence-corrected chi connectivity index (χ2v) is 6.43. The highest BCUT2D eigenvalue weighted by molar-refractivity contribution is 6.04. The summed E-state index contributed by atoms with van der Waals surface area (Å²) in [5, 5.41) is 20.1. The number of ether oxygens (including phenoxy) is 1. The van der Waals surface area contributed by atoms with Crippen LogP contribution in [0.25, 0.3) is 11.1 Å². The van der Waals surface area contributed by atoms with E-state index in [9.17, 15) is 19.4 Å². The van der Waals surface area contributed by atoms with Gasteiger partial charge in [0, 0.05) is 30.7 Å². The van der Waals surface area contributed by atoms with Gasteiger partial charge in [-0.3, -0.25) is 9.69 Å². The van der Waals surface area contributed by atoms with E-state index in [0.717, 1.165) is 23.3 Å². The lowest BCUT2D eigenvalue weighted by molar-refractivity contribution is -0.115. The highest BCUT2D eigenvalue weighted by atomic mass is 19.1. The predicted molar refractivity (Wildman–Crippen MR) is 99.2 cm³/mol. The zero-order valence-electron chi connectivity index (χ0n) is 14.7. The standard InChI is InChI=1S/C21H16FNO4/c1-11-3-5-13(6-4-11)14-7-16-20(9-18(14)25)27-21-10-19(26)15(22)8-17(21)23(16)12(2)24/h3-10,25-26H,1-2H3. The number of fused-ring (bicyclic) bond motifs is 2. The van der Waals surface area contributed by atoms with Gasteiger partial charge in [0.15, 0.2) is 23.1 Å². The lowest BCUT2D eigenvalue weighted by atomic mass is 10.0. The van der Waals surface area contributed by atoms with Crippen LogP contribution in [-0.2, 0) is 4.79 Å². The molecule has 0 unspecified atom stereocenters. The molecule has 0 aliphatic carbocycles. The van der Waals surface area contributed by atoms with Crippen molar-refractivity contribution in [1.82, 2.24) is 0 Å². The van der Waals surface area contributed by atoms with Crippen molar-refractivity contribution in [2.24, 2.45) is 0 Å². The first-order chi connectivity index (χ1) is 12.8. The van der Waals surface area contributed by atoms with Crippen LogP contribution in [0, 0.1) is 12.7 Å². The van der Waals surface area contributed by atoms with Crippen LogP contribution in [0.15, 0.2) is 48.5 Å². The van der Waals surface area contributed by atoms with Crippen molar-refractivity contribution in [1.29, 1.82) is 0 Å². The van der Waals surface area contributed by atoms with Crippen molar-refractivity contribution < 1.29 is 24.1 Å². The third-order valence-electron chi connectivity index (χ3n) is 4.48. The molecule has 0 atom stereocenters. The fourth-order valence-corrected chi connectivity index (χ4v) is 3.15. The third kappa shape index (κ3) is 2.75. The predicted octanol–water partition coefficient (Wildman–Crippen LogP) is 5.00. The maximum Gasteiger partial charge on any atom is 0.228 e. The highest BCUT2D eigenvalue weighted by Crippen LogP contribution is 2.51. The first-order valence-corrected chi connectivity index (χ1v) is 8.30. The number of carbonyl (C=O) groups is 1. The smallest absolute Gasteiger partial charge is 0.228 e. The summed E-state index contributed by atoms with van der Waals surface area (Å²) in [5.41, 5.74) is 2.94. The molecular weight excluding hydrogens is 349 g/mol. The van der Waals surface area contributed by atoms with Crippen LogP contribution in [0.1, 0.15) is 12.5 Å². The molecule has 4 rings (SSSR count). The van der Waals surface area contributed by atoms with E-state index in [1.807, 2.05) is 31.2 Å². The van der Waals surface area contributed by atoms with Gasteiger partial charge >= 0.3 is 0 Å². The first kappa shape index (κ1) is 16.9. The van der Waals surface area contributed by atoms with Gasteiger partial charge in [-0.1, -0.05) is 29.8 Å². The van der Waals surface area contributed by atoms with Crippen LogP contribution in [0.5, 0.6) is 23.0 Å². The number of aromatic hydroxyl groups is 2. The number of halogens is 1. The van der Waals surface area contributed by atoms with Crippen LogP contribution < -0.4 is 9.64 Å². The summed E-state index contributed by atoms with van der Waals surface area (Å²) in [4.78, 5) is 13.6. The topological polar surface area (TPSA) is 70.0 Å². The molecule has 3 aromatic rings. The largest absolute Gasteiger partial charge is 0.507 e. The SMILES string of the molecule is CC(=O)N1c2cc(F)c(O)cc2Oc2cc(O)c(-c3ccc(C)cc3)cc21. The molecule has 1 amide bonds.